The second-order valence-corrected chi connectivity index (χ2v) is 5.16. The molecule has 0 fully saturated rings. The minimum atomic E-state index is -0.452. The minimum absolute atomic E-state index is 0.0340. The number of benzene rings is 1. The van der Waals surface area contributed by atoms with Gasteiger partial charge in [0, 0.05) is 0 Å². The Balaban J connectivity index is 2.07. The molecule has 21 heavy (non-hydrogen) atoms. The van der Waals surface area contributed by atoms with Crippen molar-refractivity contribution in [2.45, 2.75) is 12.5 Å². The summed E-state index contributed by atoms with van der Waals surface area (Å²) < 4.78 is 0. The molecule has 0 radical (unpaired) electrons. The molecule has 1 heterocycles. The van der Waals surface area contributed by atoms with Crippen molar-refractivity contribution in [3.63, 3.8) is 0 Å². The molecule has 0 spiro atoms. The van der Waals surface area contributed by atoms with Crippen LogP contribution in [0.4, 0.5) is 0 Å². The van der Waals surface area contributed by atoms with Crippen molar-refractivity contribution in [2.24, 2.45) is 0 Å². The number of hydrogen-bond acceptors (Lipinski definition) is 4. The molecule has 0 aliphatic carbocycles. The maximum Gasteiger partial charge on any atom is 0.254 e. The Kier molecular flexibility index (Phi) is 5.50. The van der Waals surface area contributed by atoms with Crippen LogP contribution in [0.3, 0.4) is 0 Å². The molecule has 1 aromatic heterocycles. The minimum Gasteiger partial charge on any atom is -0.394 e. The molecule has 0 aliphatic heterocycles. The lowest BCUT2D eigenvalue weighted by Crippen LogP contribution is -2.39. The van der Waals surface area contributed by atoms with Gasteiger partial charge in [-0.15, -0.1) is 10.2 Å². The Labute approximate surface area is 131 Å². The molecule has 0 saturated heterocycles. The molecule has 2 N–H and O–H groups in total. The highest BCUT2D eigenvalue weighted by Crippen LogP contribution is 2.15. The zero-order chi connectivity index (χ0) is 15.2. The first kappa shape index (κ1) is 15.7. The quantitative estimate of drug-likeness (QED) is 0.882. The molecular weight excluding hydrogens is 313 g/mol. The van der Waals surface area contributed by atoms with Gasteiger partial charge in [0.05, 0.1) is 18.2 Å². The summed E-state index contributed by atoms with van der Waals surface area (Å²) in [5, 5.41) is 19.3. The van der Waals surface area contributed by atoms with E-state index in [1.807, 2.05) is 30.3 Å². The molecule has 5 nitrogen and oxygen atoms in total. The van der Waals surface area contributed by atoms with Crippen molar-refractivity contribution >= 4 is 29.1 Å². The average Bonchev–Trinajstić information content (AvgIpc) is 2.50. The summed E-state index contributed by atoms with van der Waals surface area (Å²) in [5.41, 5.74) is 1.14. The summed E-state index contributed by atoms with van der Waals surface area (Å²) in [5.74, 6) is -0.452. The third-order valence-corrected chi connectivity index (χ3v) is 3.31. The Bertz CT molecular complexity index is 623. The van der Waals surface area contributed by atoms with Crippen LogP contribution in [0.5, 0.6) is 0 Å². The van der Waals surface area contributed by atoms with Gasteiger partial charge in [-0.1, -0.05) is 53.5 Å². The number of carbonyl (C=O) groups excluding carboxylic acids is 1. The number of carbonyl (C=O) groups is 1. The number of amides is 1. The molecule has 7 heteroatoms. The first-order chi connectivity index (χ1) is 10.1. The highest BCUT2D eigenvalue weighted by molar-refractivity contribution is 6.34. The normalized spacial score (nSPS) is 12.0. The second-order valence-electron chi connectivity index (χ2n) is 4.41. The first-order valence-electron chi connectivity index (χ1n) is 6.24. The van der Waals surface area contributed by atoms with E-state index in [0.29, 0.717) is 6.42 Å². The van der Waals surface area contributed by atoms with Crippen LogP contribution in [-0.4, -0.2) is 33.9 Å². The average molecular weight is 326 g/mol. The highest BCUT2D eigenvalue weighted by atomic mass is 35.5. The lowest BCUT2D eigenvalue weighted by molar-refractivity contribution is 0.0916. The largest absolute Gasteiger partial charge is 0.394 e. The smallest absolute Gasteiger partial charge is 0.254 e. The number of nitrogens with zero attached hydrogens (tertiary/aromatic N) is 2. The monoisotopic (exact) mass is 325 g/mol. The Morgan fingerprint density at radius 2 is 1.95 bits per heavy atom. The Hall–Kier alpha value is -1.69. The van der Waals surface area contributed by atoms with Crippen molar-refractivity contribution in [2.75, 3.05) is 6.61 Å². The van der Waals surface area contributed by atoms with Crippen LogP contribution in [0, 0.1) is 0 Å². The van der Waals surface area contributed by atoms with E-state index in [9.17, 15) is 9.90 Å². The molecule has 0 saturated carbocycles. The Morgan fingerprint density at radius 1 is 1.24 bits per heavy atom. The lowest BCUT2D eigenvalue weighted by Gasteiger charge is -2.16. The molecule has 2 aromatic rings. The summed E-state index contributed by atoms with van der Waals surface area (Å²) in [7, 11) is 0. The summed E-state index contributed by atoms with van der Waals surface area (Å²) in [6, 6.07) is 10.5. The van der Waals surface area contributed by atoms with Gasteiger partial charge in [0.2, 0.25) is 0 Å². The van der Waals surface area contributed by atoms with E-state index < -0.39 is 11.9 Å². The number of aliphatic hydroxyl groups is 1. The van der Waals surface area contributed by atoms with Crippen LogP contribution in [0.25, 0.3) is 0 Å². The van der Waals surface area contributed by atoms with Gasteiger partial charge in [0.1, 0.15) is 0 Å². The van der Waals surface area contributed by atoms with Gasteiger partial charge in [0.15, 0.2) is 10.3 Å². The maximum absolute atomic E-state index is 12.1. The Morgan fingerprint density at radius 3 is 2.62 bits per heavy atom. The van der Waals surface area contributed by atoms with E-state index in [4.69, 9.17) is 23.2 Å². The van der Waals surface area contributed by atoms with Gasteiger partial charge < -0.3 is 10.4 Å². The molecule has 1 aromatic carbocycles. The van der Waals surface area contributed by atoms with Crippen molar-refractivity contribution < 1.29 is 9.90 Å². The number of halogens is 2. The van der Waals surface area contributed by atoms with Gasteiger partial charge in [0.25, 0.3) is 5.91 Å². The van der Waals surface area contributed by atoms with E-state index in [0.717, 1.165) is 5.56 Å². The number of rotatable bonds is 5. The van der Waals surface area contributed by atoms with Gasteiger partial charge in [-0.05, 0) is 18.1 Å². The van der Waals surface area contributed by atoms with Crippen LogP contribution in [0.15, 0.2) is 36.4 Å². The lowest BCUT2D eigenvalue weighted by atomic mass is 10.1. The maximum atomic E-state index is 12.1. The van der Waals surface area contributed by atoms with E-state index in [-0.39, 0.29) is 22.5 Å². The fourth-order valence-corrected chi connectivity index (χ4v) is 2.16. The highest BCUT2D eigenvalue weighted by Gasteiger charge is 2.17. The third kappa shape index (κ3) is 4.39. The van der Waals surface area contributed by atoms with Crippen molar-refractivity contribution in [3.8, 4) is 0 Å². The van der Waals surface area contributed by atoms with Crippen LogP contribution in [0.1, 0.15) is 15.9 Å². The summed E-state index contributed by atoms with van der Waals surface area (Å²) in [6.07, 6.45) is 0.507. The zero-order valence-corrected chi connectivity index (χ0v) is 12.5. The van der Waals surface area contributed by atoms with Crippen LogP contribution in [-0.2, 0) is 6.42 Å². The van der Waals surface area contributed by atoms with E-state index in [1.54, 1.807) is 0 Å². The van der Waals surface area contributed by atoms with Crippen molar-refractivity contribution in [1.29, 1.82) is 0 Å². The third-order valence-electron chi connectivity index (χ3n) is 2.84. The van der Waals surface area contributed by atoms with Crippen LogP contribution in [0.2, 0.25) is 10.3 Å². The van der Waals surface area contributed by atoms with Gasteiger partial charge in [-0.2, -0.15) is 0 Å². The molecule has 0 unspecified atom stereocenters. The standard InChI is InChI=1S/C14H13Cl2N3O2/c15-12-7-11(13(16)19-18-12)14(21)17-10(8-20)6-9-4-2-1-3-5-9/h1-5,7,10,20H,6,8H2,(H,17,21)/t10-/m0/s1. The fourth-order valence-electron chi connectivity index (χ4n) is 1.84. The predicted octanol–water partition coefficient (Wildman–Crippen LogP) is 2.12. The number of nitrogens with one attached hydrogen (secondary N) is 1. The van der Waals surface area contributed by atoms with Gasteiger partial charge in [-0.25, -0.2) is 0 Å². The van der Waals surface area contributed by atoms with Crippen molar-refractivity contribution in [3.05, 3.63) is 57.8 Å². The molecule has 2 rings (SSSR count). The van der Waals surface area contributed by atoms with E-state index in [1.165, 1.54) is 6.07 Å². The summed E-state index contributed by atoms with van der Waals surface area (Å²) in [4.78, 5) is 12.1. The topological polar surface area (TPSA) is 75.1 Å². The fraction of sp³-hybridized carbons (Fsp3) is 0.214. The summed E-state index contributed by atoms with van der Waals surface area (Å²) in [6.45, 7) is -0.190. The van der Waals surface area contributed by atoms with E-state index >= 15 is 0 Å². The molecule has 0 aliphatic rings. The van der Waals surface area contributed by atoms with Gasteiger partial charge >= 0.3 is 0 Å². The van der Waals surface area contributed by atoms with E-state index in [2.05, 4.69) is 15.5 Å². The SMILES string of the molecule is O=C(N[C@H](CO)Cc1ccccc1)c1cc(Cl)nnc1Cl. The number of hydrogen-bond donors (Lipinski definition) is 2. The second kappa shape index (κ2) is 7.36. The molecule has 1 amide bonds. The molecular formula is C14H13Cl2N3O2. The number of aromatic nitrogens is 2. The number of aliphatic hydroxyl groups excluding tert-OH is 1. The molecule has 110 valence electrons. The van der Waals surface area contributed by atoms with Crippen LogP contribution < -0.4 is 5.32 Å². The molecule has 1 atom stereocenters. The molecule has 0 bridgehead atoms. The first-order valence-corrected chi connectivity index (χ1v) is 7.00. The van der Waals surface area contributed by atoms with Gasteiger partial charge in [-0.3, -0.25) is 4.79 Å². The zero-order valence-electron chi connectivity index (χ0n) is 11.0. The van der Waals surface area contributed by atoms with Crippen LogP contribution >= 0.6 is 23.2 Å². The van der Waals surface area contributed by atoms with Crippen molar-refractivity contribution in [1.82, 2.24) is 15.5 Å². The summed E-state index contributed by atoms with van der Waals surface area (Å²) >= 11 is 11.5. The predicted molar refractivity (Wildman–Crippen MR) is 80.5 cm³/mol.